The summed E-state index contributed by atoms with van der Waals surface area (Å²) < 4.78 is 0. The Morgan fingerprint density at radius 1 is 1.00 bits per heavy atom. The van der Waals surface area contributed by atoms with Crippen molar-refractivity contribution in [3.05, 3.63) is 79.0 Å². The van der Waals surface area contributed by atoms with Crippen molar-refractivity contribution in [1.29, 1.82) is 0 Å². The largest absolute Gasteiger partial charge is 0.320 e. The smallest absolute Gasteiger partial charge is 0.282 e. The van der Waals surface area contributed by atoms with E-state index in [1.54, 1.807) is 11.8 Å². The van der Waals surface area contributed by atoms with Gasteiger partial charge in [0.25, 0.3) is 11.7 Å². The van der Waals surface area contributed by atoms with E-state index in [1.165, 1.54) is 4.90 Å². The van der Waals surface area contributed by atoms with Gasteiger partial charge in [-0.25, -0.2) is 4.98 Å². The molecule has 3 N–H and O–H groups in total. The topological polar surface area (TPSA) is 50.9 Å². The molecule has 0 unspecified atom stereocenters. The van der Waals surface area contributed by atoms with E-state index in [0.29, 0.717) is 0 Å². The highest BCUT2D eigenvalue weighted by molar-refractivity contribution is 7.99. The number of nitrogens with zero attached hydrogens (tertiary/aromatic N) is 1. The van der Waals surface area contributed by atoms with Gasteiger partial charge in [-0.1, -0.05) is 48.2 Å². The summed E-state index contributed by atoms with van der Waals surface area (Å²) in [5, 5.41) is 3.17. The predicted octanol–water partition coefficient (Wildman–Crippen LogP) is 2.38. The minimum atomic E-state index is -0.0957. The second-order valence-corrected chi connectivity index (χ2v) is 8.63. The standard InChI is InChI=1S/C24H26N4OS/c1-19(27-15-17-28(18-16-27)23-13-7-8-14-25-23)24(29)26-21-11-5-6-12-22(21)30-20-9-3-2-4-10-20/h2-14,19H,15-18H2,1H3,(H,26,29)/p+2/t19-/m0/s1. The van der Waals surface area contributed by atoms with Gasteiger partial charge in [-0.3, -0.25) is 9.69 Å². The number of para-hydroxylation sites is 1. The average molecular weight is 421 g/mol. The van der Waals surface area contributed by atoms with Crippen LogP contribution >= 0.6 is 11.8 Å². The molecule has 0 spiro atoms. The van der Waals surface area contributed by atoms with Gasteiger partial charge in [0.15, 0.2) is 6.04 Å². The molecule has 0 saturated carbocycles. The maximum atomic E-state index is 13.0. The molecule has 2 heterocycles. The Bertz CT molecular complexity index is 959. The number of aromatic amines is 1. The highest BCUT2D eigenvalue weighted by Gasteiger charge is 2.32. The molecule has 1 aliphatic heterocycles. The second kappa shape index (κ2) is 9.78. The number of rotatable bonds is 6. The van der Waals surface area contributed by atoms with Gasteiger partial charge < -0.3 is 10.2 Å². The molecular weight excluding hydrogens is 392 g/mol. The first-order valence-corrected chi connectivity index (χ1v) is 11.2. The van der Waals surface area contributed by atoms with Gasteiger partial charge in [-0.05, 0) is 37.3 Å². The van der Waals surface area contributed by atoms with Crippen molar-refractivity contribution in [2.24, 2.45) is 0 Å². The quantitative estimate of drug-likeness (QED) is 0.644. The summed E-state index contributed by atoms with van der Waals surface area (Å²) in [7, 11) is 0. The third kappa shape index (κ3) is 5.01. The van der Waals surface area contributed by atoms with Crippen molar-refractivity contribution >= 4 is 29.2 Å². The third-order valence-electron chi connectivity index (χ3n) is 5.56. The second-order valence-electron chi connectivity index (χ2n) is 7.52. The number of piperazine rings is 1. The number of H-pyrrole nitrogens is 1. The number of aromatic nitrogens is 1. The van der Waals surface area contributed by atoms with Crippen molar-refractivity contribution in [1.82, 2.24) is 0 Å². The van der Waals surface area contributed by atoms with E-state index >= 15 is 0 Å². The molecule has 5 nitrogen and oxygen atoms in total. The number of anilines is 2. The fraction of sp³-hybridized carbons (Fsp3) is 0.250. The average Bonchev–Trinajstić information content (AvgIpc) is 2.81. The maximum absolute atomic E-state index is 13.0. The number of pyridine rings is 1. The summed E-state index contributed by atoms with van der Waals surface area (Å²) in [6.07, 6.45) is 1.95. The number of benzene rings is 2. The van der Waals surface area contributed by atoms with E-state index in [4.69, 9.17) is 0 Å². The van der Waals surface area contributed by atoms with E-state index in [-0.39, 0.29) is 11.9 Å². The van der Waals surface area contributed by atoms with Gasteiger partial charge in [-0.2, -0.15) is 0 Å². The lowest BCUT2D eigenvalue weighted by Crippen LogP contribution is -3.19. The molecule has 30 heavy (non-hydrogen) atoms. The van der Waals surface area contributed by atoms with Gasteiger partial charge in [0.2, 0.25) is 0 Å². The summed E-state index contributed by atoms with van der Waals surface area (Å²) in [6, 6.07) is 24.3. The molecule has 0 aliphatic carbocycles. The van der Waals surface area contributed by atoms with Crippen LogP contribution in [0.25, 0.3) is 0 Å². The zero-order valence-corrected chi connectivity index (χ0v) is 18.0. The van der Waals surface area contributed by atoms with E-state index in [2.05, 4.69) is 39.5 Å². The molecule has 6 heteroatoms. The third-order valence-corrected chi connectivity index (χ3v) is 6.64. The highest BCUT2D eigenvalue weighted by Crippen LogP contribution is 2.33. The Kier molecular flexibility index (Phi) is 6.67. The van der Waals surface area contributed by atoms with Crippen LogP contribution in [0.5, 0.6) is 0 Å². The first kappa shape index (κ1) is 20.4. The summed E-state index contributed by atoms with van der Waals surface area (Å²) >= 11 is 1.67. The molecule has 1 amide bonds. The van der Waals surface area contributed by atoms with Crippen molar-refractivity contribution in [3.63, 3.8) is 0 Å². The number of hydrogen-bond acceptors (Lipinski definition) is 3. The first-order chi connectivity index (χ1) is 14.7. The SMILES string of the molecule is C[C@@H](C(=O)Nc1ccccc1Sc1ccccc1)[NH+]1CCN(c2cccc[nH+]2)CC1. The zero-order chi connectivity index (χ0) is 20.8. The predicted molar refractivity (Wildman–Crippen MR) is 121 cm³/mol. The van der Waals surface area contributed by atoms with E-state index in [9.17, 15) is 4.79 Å². The molecular formula is C24H28N4OS+2. The van der Waals surface area contributed by atoms with Crippen LogP contribution in [0.3, 0.4) is 0 Å². The van der Waals surface area contributed by atoms with Crippen LogP contribution in [-0.2, 0) is 4.79 Å². The maximum Gasteiger partial charge on any atom is 0.282 e. The van der Waals surface area contributed by atoms with Crippen molar-refractivity contribution < 1.29 is 14.7 Å². The molecule has 1 saturated heterocycles. The number of carbonyl (C=O) groups is 1. The van der Waals surface area contributed by atoms with E-state index < -0.39 is 0 Å². The molecule has 2 aromatic carbocycles. The Labute approximate surface area is 182 Å². The van der Waals surface area contributed by atoms with Crippen LogP contribution < -0.4 is 20.1 Å². The monoisotopic (exact) mass is 420 g/mol. The van der Waals surface area contributed by atoms with Gasteiger partial charge in [0.1, 0.15) is 26.2 Å². The van der Waals surface area contributed by atoms with Gasteiger partial charge in [0, 0.05) is 15.9 Å². The fourth-order valence-corrected chi connectivity index (χ4v) is 4.67. The van der Waals surface area contributed by atoms with Crippen LogP contribution in [0.2, 0.25) is 0 Å². The number of carbonyl (C=O) groups excluding carboxylic acids is 1. The molecule has 1 atom stereocenters. The molecule has 3 aromatic rings. The van der Waals surface area contributed by atoms with Gasteiger partial charge in [-0.15, -0.1) is 0 Å². The Morgan fingerprint density at radius 2 is 1.70 bits per heavy atom. The van der Waals surface area contributed by atoms with Crippen LogP contribution in [0, 0.1) is 0 Å². The van der Waals surface area contributed by atoms with Crippen LogP contribution in [-0.4, -0.2) is 38.1 Å². The van der Waals surface area contributed by atoms with Crippen molar-refractivity contribution in [3.8, 4) is 0 Å². The molecule has 0 bridgehead atoms. The molecule has 1 aliphatic rings. The lowest BCUT2D eigenvalue weighted by Gasteiger charge is -2.31. The van der Waals surface area contributed by atoms with Crippen LogP contribution in [0.15, 0.2) is 88.8 Å². The van der Waals surface area contributed by atoms with Crippen LogP contribution in [0.1, 0.15) is 6.92 Å². The minimum absolute atomic E-state index is 0.0748. The minimum Gasteiger partial charge on any atom is -0.320 e. The molecule has 0 radical (unpaired) electrons. The lowest BCUT2D eigenvalue weighted by molar-refractivity contribution is -0.914. The normalized spacial score (nSPS) is 15.6. The van der Waals surface area contributed by atoms with Gasteiger partial charge in [0.05, 0.1) is 11.9 Å². The highest BCUT2D eigenvalue weighted by atomic mass is 32.2. The summed E-state index contributed by atoms with van der Waals surface area (Å²) in [6.45, 7) is 5.79. The van der Waals surface area contributed by atoms with Crippen LogP contribution in [0.4, 0.5) is 11.5 Å². The Morgan fingerprint density at radius 3 is 2.43 bits per heavy atom. The van der Waals surface area contributed by atoms with E-state index in [1.807, 2.05) is 61.7 Å². The number of amides is 1. The first-order valence-electron chi connectivity index (χ1n) is 10.4. The Hall–Kier alpha value is -2.83. The zero-order valence-electron chi connectivity index (χ0n) is 17.2. The summed E-state index contributed by atoms with van der Waals surface area (Å²) in [5.41, 5.74) is 0.875. The number of nitrogens with one attached hydrogen (secondary N) is 3. The van der Waals surface area contributed by atoms with Crippen molar-refractivity contribution in [2.45, 2.75) is 22.8 Å². The van der Waals surface area contributed by atoms with E-state index in [0.717, 1.165) is 47.5 Å². The number of hydrogen-bond donors (Lipinski definition) is 2. The van der Waals surface area contributed by atoms with Crippen molar-refractivity contribution in [2.75, 3.05) is 36.4 Å². The lowest BCUT2D eigenvalue weighted by atomic mass is 10.2. The summed E-state index contributed by atoms with van der Waals surface area (Å²) in [5.74, 6) is 1.21. The molecule has 4 rings (SSSR count). The molecule has 1 aromatic heterocycles. The Balaban J connectivity index is 1.36. The number of quaternary nitrogens is 1. The summed E-state index contributed by atoms with van der Waals surface area (Å²) in [4.78, 5) is 22.2. The molecule has 1 fully saturated rings. The fourth-order valence-electron chi connectivity index (χ4n) is 3.75. The molecule has 154 valence electrons. The van der Waals surface area contributed by atoms with Gasteiger partial charge >= 0.3 is 0 Å².